The third-order valence-electron chi connectivity index (χ3n) is 1.25. The molecule has 0 saturated heterocycles. The molecule has 0 aromatic heterocycles. The highest BCUT2D eigenvalue weighted by Crippen LogP contribution is 2.12. The van der Waals surface area contributed by atoms with E-state index < -0.39 is 6.43 Å². The van der Waals surface area contributed by atoms with Crippen molar-refractivity contribution in [3.63, 3.8) is 0 Å². The summed E-state index contributed by atoms with van der Waals surface area (Å²) >= 11 is 0. The molecule has 0 aliphatic rings. The lowest BCUT2D eigenvalue weighted by Gasteiger charge is -1.99. The fraction of sp³-hybridized carbons (Fsp3) is 0.500. The molecule has 0 bridgehead atoms. The molecule has 3 heteroatoms. The highest BCUT2D eigenvalue weighted by Gasteiger charge is 2.06. The molecule has 0 fully saturated rings. The molecule has 0 radical (unpaired) electrons. The van der Waals surface area contributed by atoms with E-state index in [1.807, 2.05) is 0 Å². The van der Waals surface area contributed by atoms with Gasteiger partial charge in [0.05, 0.1) is 0 Å². The number of alkyl halides is 2. The smallest absolute Gasteiger partial charge is 0.260 e. The second kappa shape index (κ2) is 4.88. The van der Waals surface area contributed by atoms with Gasteiger partial charge in [-0.1, -0.05) is 13.0 Å². The average Bonchev–Trinajstić information content (AvgIpc) is 1.87. The van der Waals surface area contributed by atoms with E-state index in [0.29, 0.717) is 12.1 Å². The van der Waals surface area contributed by atoms with E-state index in [1.165, 1.54) is 12.2 Å². The first-order valence-corrected chi connectivity index (χ1v) is 3.49. The maximum absolute atomic E-state index is 12.0. The molecule has 0 unspecified atom stereocenters. The molecular formula is C8H13F2N. The summed E-state index contributed by atoms with van der Waals surface area (Å²) in [5.41, 5.74) is 5.93. The van der Waals surface area contributed by atoms with Crippen molar-refractivity contribution in [2.75, 3.05) is 0 Å². The second-order valence-electron chi connectivity index (χ2n) is 2.31. The summed E-state index contributed by atoms with van der Waals surface area (Å²) in [6.07, 6.45) is 0.863. The van der Waals surface area contributed by atoms with Crippen LogP contribution in [0, 0.1) is 0 Å². The number of allylic oxidation sites excluding steroid dienone is 4. The number of hydrogen-bond acceptors (Lipinski definition) is 1. The molecular weight excluding hydrogens is 148 g/mol. The van der Waals surface area contributed by atoms with Gasteiger partial charge in [0.2, 0.25) is 0 Å². The SMILES string of the molecule is CC/C(=C\C=C(/C)N)C(F)F. The van der Waals surface area contributed by atoms with Crippen LogP contribution in [0.15, 0.2) is 23.4 Å². The summed E-state index contributed by atoms with van der Waals surface area (Å²) in [6.45, 7) is 3.35. The minimum absolute atomic E-state index is 0.120. The zero-order valence-electron chi connectivity index (χ0n) is 6.77. The minimum atomic E-state index is -2.37. The van der Waals surface area contributed by atoms with Crippen molar-refractivity contribution in [2.24, 2.45) is 5.73 Å². The van der Waals surface area contributed by atoms with Gasteiger partial charge < -0.3 is 5.73 Å². The molecule has 0 aliphatic heterocycles. The van der Waals surface area contributed by atoms with E-state index in [0.717, 1.165) is 0 Å². The van der Waals surface area contributed by atoms with Gasteiger partial charge in [-0.3, -0.25) is 0 Å². The summed E-state index contributed by atoms with van der Waals surface area (Å²) in [5, 5.41) is 0. The predicted molar refractivity (Wildman–Crippen MR) is 42.3 cm³/mol. The molecule has 0 amide bonds. The summed E-state index contributed by atoms with van der Waals surface area (Å²) in [5.74, 6) is 0. The Morgan fingerprint density at radius 1 is 1.45 bits per heavy atom. The lowest BCUT2D eigenvalue weighted by atomic mass is 10.2. The van der Waals surface area contributed by atoms with Gasteiger partial charge in [0.1, 0.15) is 0 Å². The summed E-state index contributed by atoms with van der Waals surface area (Å²) in [6, 6.07) is 0. The normalized spacial score (nSPS) is 14.3. The van der Waals surface area contributed by atoms with E-state index in [1.54, 1.807) is 13.8 Å². The fourth-order valence-electron chi connectivity index (χ4n) is 0.583. The quantitative estimate of drug-likeness (QED) is 0.632. The standard InChI is InChI=1S/C8H13F2N/c1-3-7(8(9)10)5-4-6(2)11/h4-5,8H,3,11H2,1-2H3/b6-4+,7-5+. The van der Waals surface area contributed by atoms with Crippen molar-refractivity contribution in [2.45, 2.75) is 26.7 Å². The van der Waals surface area contributed by atoms with Crippen LogP contribution in [0.2, 0.25) is 0 Å². The molecule has 0 saturated carbocycles. The zero-order chi connectivity index (χ0) is 8.85. The van der Waals surface area contributed by atoms with Crippen molar-refractivity contribution >= 4 is 0 Å². The van der Waals surface area contributed by atoms with E-state index >= 15 is 0 Å². The molecule has 0 heterocycles. The number of rotatable bonds is 3. The molecule has 0 spiro atoms. The largest absolute Gasteiger partial charge is 0.402 e. The Labute approximate surface area is 65.6 Å². The molecule has 2 N–H and O–H groups in total. The van der Waals surface area contributed by atoms with Crippen molar-refractivity contribution in [1.82, 2.24) is 0 Å². The third-order valence-corrected chi connectivity index (χ3v) is 1.25. The summed E-state index contributed by atoms with van der Waals surface area (Å²) in [4.78, 5) is 0. The van der Waals surface area contributed by atoms with Crippen molar-refractivity contribution in [1.29, 1.82) is 0 Å². The van der Waals surface area contributed by atoms with Crippen molar-refractivity contribution in [3.8, 4) is 0 Å². The van der Waals surface area contributed by atoms with E-state index in [2.05, 4.69) is 0 Å². The molecule has 0 aromatic rings. The van der Waals surface area contributed by atoms with Crippen LogP contribution in [0.3, 0.4) is 0 Å². The summed E-state index contributed by atoms with van der Waals surface area (Å²) < 4.78 is 24.0. The maximum atomic E-state index is 12.0. The first-order chi connectivity index (χ1) is 5.07. The Balaban J connectivity index is 4.24. The molecule has 0 atom stereocenters. The maximum Gasteiger partial charge on any atom is 0.260 e. The van der Waals surface area contributed by atoms with Gasteiger partial charge in [-0.15, -0.1) is 0 Å². The third kappa shape index (κ3) is 4.53. The van der Waals surface area contributed by atoms with Gasteiger partial charge in [0.25, 0.3) is 6.43 Å². The van der Waals surface area contributed by atoms with Crippen molar-refractivity contribution in [3.05, 3.63) is 23.4 Å². The Morgan fingerprint density at radius 2 is 2.00 bits per heavy atom. The highest BCUT2D eigenvalue weighted by molar-refractivity contribution is 5.16. The topological polar surface area (TPSA) is 26.0 Å². The van der Waals surface area contributed by atoms with Crippen LogP contribution in [-0.4, -0.2) is 6.43 Å². The van der Waals surface area contributed by atoms with E-state index in [-0.39, 0.29) is 5.57 Å². The van der Waals surface area contributed by atoms with Crippen molar-refractivity contribution < 1.29 is 8.78 Å². The lowest BCUT2D eigenvalue weighted by Crippen LogP contribution is -1.95. The monoisotopic (exact) mass is 161 g/mol. The molecule has 64 valence electrons. The summed E-state index contributed by atoms with van der Waals surface area (Å²) in [7, 11) is 0. The molecule has 0 aromatic carbocycles. The lowest BCUT2D eigenvalue weighted by molar-refractivity contribution is 0.186. The Hall–Kier alpha value is -0.860. The van der Waals surface area contributed by atoms with E-state index in [9.17, 15) is 8.78 Å². The fourth-order valence-corrected chi connectivity index (χ4v) is 0.583. The van der Waals surface area contributed by atoms with Gasteiger partial charge in [-0.25, -0.2) is 8.78 Å². The molecule has 0 aliphatic carbocycles. The molecule has 0 rings (SSSR count). The van der Waals surface area contributed by atoms with Crippen LogP contribution in [-0.2, 0) is 0 Å². The number of halogens is 2. The number of nitrogens with two attached hydrogens (primary N) is 1. The highest BCUT2D eigenvalue weighted by atomic mass is 19.3. The van der Waals surface area contributed by atoms with Gasteiger partial charge in [0, 0.05) is 5.70 Å². The average molecular weight is 161 g/mol. The van der Waals surface area contributed by atoms with Gasteiger partial charge in [-0.2, -0.15) is 0 Å². The van der Waals surface area contributed by atoms with Crippen LogP contribution < -0.4 is 5.73 Å². The van der Waals surface area contributed by atoms with Gasteiger partial charge in [0.15, 0.2) is 0 Å². The predicted octanol–water partition coefficient (Wildman–Crippen LogP) is 2.45. The number of hydrogen-bond donors (Lipinski definition) is 1. The Bertz CT molecular complexity index is 167. The van der Waals surface area contributed by atoms with E-state index in [4.69, 9.17) is 5.73 Å². The van der Waals surface area contributed by atoms with Crippen LogP contribution in [0.1, 0.15) is 20.3 Å². The first-order valence-electron chi connectivity index (χ1n) is 3.49. The van der Waals surface area contributed by atoms with Crippen LogP contribution in [0.5, 0.6) is 0 Å². The van der Waals surface area contributed by atoms with Crippen LogP contribution in [0.25, 0.3) is 0 Å². The minimum Gasteiger partial charge on any atom is -0.402 e. The molecule has 11 heavy (non-hydrogen) atoms. The second-order valence-corrected chi connectivity index (χ2v) is 2.31. The van der Waals surface area contributed by atoms with Crippen LogP contribution in [0.4, 0.5) is 8.78 Å². The first kappa shape index (κ1) is 10.1. The molecule has 1 nitrogen and oxygen atoms in total. The van der Waals surface area contributed by atoms with Gasteiger partial charge in [-0.05, 0) is 25.0 Å². The Morgan fingerprint density at radius 3 is 2.27 bits per heavy atom. The zero-order valence-corrected chi connectivity index (χ0v) is 6.77. The van der Waals surface area contributed by atoms with Gasteiger partial charge >= 0.3 is 0 Å². The van der Waals surface area contributed by atoms with Crippen LogP contribution >= 0.6 is 0 Å². The Kier molecular flexibility index (Phi) is 4.50.